The lowest BCUT2D eigenvalue weighted by molar-refractivity contribution is -0.117. The molecule has 0 aliphatic carbocycles. The van der Waals surface area contributed by atoms with E-state index in [1.54, 1.807) is 42.5 Å². The first kappa shape index (κ1) is 18.1. The van der Waals surface area contributed by atoms with Gasteiger partial charge in [-0.2, -0.15) is 0 Å². The van der Waals surface area contributed by atoms with Crippen molar-refractivity contribution >= 4 is 34.4 Å². The smallest absolute Gasteiger partial charge is 0.311 e. The molecular weight excluding hydrogens is 410 g/mol. The maximum Gasteiger partial charge on any atom is 0.311 e. The third-order valence-corrected chi connectivity index (χ3v) is 5.65. The van der Waals surface area contributed by atoms with E-state index >= 15 is 0 Å². The summed E-state index contributed by atoms with van der Waals surface area (Å²) in [5.41, 5.74) is 0.612. The van der Waals surface area contributed by atoms with Gasteiger partial charge in [0.25, 0.3) is 5.91 Å². The number of aromatic nitrogens is 1. The van der Waals surface area contributed by atoms with Crippen LogP contribution in [0.1, 0.15) is 4.88 Å². The number of amides is 2. The first-order valence-corrected chi connectivity index (χ1v) is 9.68. The minimum atomic E-state index is -0.562. The zero-order valence-electron chi connectivity index (χ0n) is 15.2. The second kappa shape index (κ2) is 6.85. The van der Waals surface area contributed by atoms with Crippen molar-refractivity contribution in [3.05, 3.63) is 67.6 Å². The minimum absolute atomic E-state index is 0.0922. The fourth-order valence-electron chi connectivity index (χ4n) is 3.30. The van der Waals surface area contributed by atoms with Crippen LogP contribution in [0.25, 0.3) is 5.57 Å². The van der Waals surface area contributed by atoms with E-state index in [0.717, 1.165) is 4.57 Å². The molecule has 30 heavy (non-hydrogen) atoms. The molecule has 5 rings (SSSR count). The molecule has 2 amide bonds. The Hall–Kier alpha value is -3.92. The Morgan fingerprint density at radius 2 is 1.97 bits per heavy atom. The van der Waals surface area contributed by atoms with Crippen LogP contribution in [0.4, 0.5) is 5.69 Å². The Kier molecular flexibility index (Phi) is 4.14. The maximum absolute atomic E-state index is 12.4. The molecule has 0 fully saturated rings. The van der Waals surface area contributed by atoms with Gasteiger partial charge in [0.1, 0.15) is 11.4 Å². The van der Waals surface area contributed by atoms with Crippen molar-refractivity contribution in [3.63, 3.8) is 0 Å². The van der Waals surface area contributed by atoms with E-state index in [0.29, 0.717) is 39.1 Å². The number of aromatic hydroxyl groups is 1. The number of fused-ring (bicyclic) bond motifs is 2. The van der Waals surface area contributed by atoms with Gasteiger partial charge in [-0.3, -0.25) is 19.0 Å². The number of nitrogens with one attached hydrogen (secondary N) is 1. The van der Waals surface area contributed by atoms with Gasteiger partial charge in [0, 0.05) is 17.0 Å². The van der Waals surface area contributed by atoms with Gasteiger partial charge in [-0.1, -0.05) is 29.5 Å². The number of carbonyl (C=O) groups is 2. The number of rotatable bonds is 4. The number of hydrogen-bond donors (Lipinski definition) is 2. The van der Waals surface area contributed by atoms with Gasteiger partial charge in [-0.15, -0.1) is 0 Å². The summed E-state index contributed by atoms with van der Waals surface area (Å²) in [6, 6.07) is 11.8. The Balaban J connectivity index is 1.44. The number of para-hydroxylation sites is 1. The van der Waals surface area contributed by atoms with E-state index < -0.39 is 29.1 Å². The average molecular weight is 423 g/mol. The van der Waals surface area contributed by atoms with Gasteiger partial charge < -0.3 is 19.9 Å². The largest absolute Gasteiger partial charge is 0.493 e. The van der Waals surface area contributed by atoms with Crippen molar-refractivity contribution in [2.24, 2.45) is 4.99 Å². The van der Waals surface area contributed by atoms with E-state index in [1.165, 1.54) is 0 Å². The van der Waals surface area contributed by atoms with Gasteiger partial charge in [0.15, 0.2) is 11.5 Å². The van der Waals surface area contributed by atoms with Crippen LogP contribution >= 0.6 is 11.3 Å². The molecule has 2 aliphatic heterocycles. The van der Waals surface area contributed by atoms with Gasteiger partial charge in [-0.05, 0) is 18.2 Å². The summed E-state index contributed by atoms with van der Waals surface area (Å²) >= 11 is 0.693. The monoisotopic (exact) mass is 423 g/mol. The van der Waals surface area contributed by atoms with Crippen molar-refractivity contribution in [1.82, 2.24) is 4.57 Å². The summed E-state index contributed by atoms with van der Waals surface area (Å²) in [6.07, 6.45) is 0. The third-order valence-electron chi connectivity index (χ3n) is 4.66. The van der Waals surface area contributed by atoms with E-state index in [1.807, 2.05) is 0 Å². The fourth-order valence-corrected chi connectivity index (χ4v) is 4.24. The number of benzene rings is 2. The maximum atomic E-state index is 12.4. The normalized spacial score (nSPS) is 13.9. The standard InChI is InChI=1S/C20H13N3O6S/c24-15(21-10-5-6-13-14(7-10)29-9-28-13)8-23-19(26)17(30-20(23)27)16-11-3-1-2-4-12(11)22-18(16)25/h1-7,26H,8-9H2,(H,21,24). The first-order chi connectivity index (χ1) is 14.5. The lowest BCUT2D eigenvalue weighted by atomic mass is 10.1. The molecule has 3 aromatic rings. The van der Waals surface area contributed by atoms with Crippen LogP contribution in [-0.2, 0) is 16.1 Å². The molecular formula is C20H13N3O6S. The molecule has 2 aliphatic rings. The first-order valence-electron chi connectivity index (χ1n) is 8.86. The lowest BCUT2D eigenvalue weighted by Crippen LogP contribution is -2.24. The molecule has 3 heterocycles. The molecule has 10 heteroatoms. The van der Waals surface area contributed by atoms with E-state index in [2.05, 4.69) is 10.3 Å². The summed E-state index contributed by atoms with van der Waals surface area (Å²) in [6.45, 7) is -0.309. The quantitative estimate of drug-likeness (QED) is 0.625. The zero-order valence-corrected chi connectivity index (χ0v) is 16.1. The highest BCUT2D eigenvalue weighted by atomic mass is 32.1. The highest BCUT2D eigenvalue weighted by Gasteiger charge is 2.26. The number of anilines is 1. The van der Waals surface area contributed by atoms with E-state index in [4.69, 9.17) is 9.47 Å². The number of ether oxygens (including phenoxy) is 2. The van der Waals surface area contributed by atoms with Crippen LogP contribution in [0.5, 0.6) is 17.4 Å². The van der Waals surface area contributed by atoms with Crippen LogP contribution in [0.2, 0.25) is 0 Å². The summed E-state index contributed by atoms with van der Waals surface area (Å²) in [5.74, 6) is -0.424. The van der Waals surface area contributed by atoms with Crippen molar-refractivity contribution in [2.75, 3.05) is 12.1 Å². The molecule has 0 atom stereocenters. The number of hydrogen-bond acceptors (Lipinski definition) is 7. The van der Waals surface area contributed by atoms with Crippen molar-refractivity contribution in [1.29, 1.82) is 0 Å². The molecule has 0 saturated carbocycles. The van der Waals surface area contributed by atoms with Gasteiger partial charge in [0.2, 0.25) is 18.6 Å². The second-order valence-corrected chi connectivity index (χ2v) is 7.49. The number of thiazole rings is 1. The van der Waals surface area contributed by atoms with Crippen molar-refractivity contribution in [2.45, 2.75) is 6.54 Å². The fraction of sp³-hybridized carbons (Fsp3) is 0.100. The Morgan fingerprint density at radius 3 is 2.83 bits per heavy atom. The SMILES string of the molecule is O=C(Cn1c(O)c(C2=c3ccccc3=NC2=O)sc1=O)Nc1ccc2c(c1)OCO2. The van der Waals surface area contributed by atoms with E-state index in [9.17, 15) is 19.5 Å². The predicted molar refractivity (Wildman–Crippen MR) is 106 cm³/mol. The Bertz CT molecular complexity index is 1400. The molecule has 9 nitrogen and oxygen atoms in total. The van der Waals surface area contributed by atoms with Crippen molar-refractivity contribution < 1.29 is 24.2 Å². The molecule has 0 saturated heterocycles. The zero-order chi connectivity index (χ0) is 20.8. The summed E-state index contributed by atoms with van der Waals surface area (Å²) < 4.78 is 11.4. The number of carbonyl (C=O) groups excluding carboxylic acids is 2. The van der Waals surface area contributed by atoms with Gasteiger partial charge >= 0.3 is 4.87 Å². The van der Waals surface area contributed by atoms with Crippen molar-refractivity contribution in [3.8, 4) is 17.4 Å². The molecule has 0 spiro atoms. The Morgan fingerprint density at radius 1 is 1.17 bits per heavy atom. The molecule has 2 aromatic carbocycles. The molecule has 0 bridgehead atoms. The highest BCUT2D eigenvalue weighted by Crippen LogP contribution is 2.34. The van der Waals surface area contributed by atoms with Crippen LogP contribution in [0.15, 0.2) is 52.3 Å². The highest BCUT2D eigenvalue weighted by molar-refractivity contribution is 7.11. The van der Waals surface area contributed by atoms with E-state index in [-0.39, 0.29) is 17.2 Å². The average Bonchev–Trinajstić information content (AvgIpc) is 3.39. The summed E-state index contributed by atoms with van der Waals surface area (Å²) in [5, 5.41) is 14.3. The van der Waals surface area contributed by atoms with Gasteiger partial charge in [-0.25, -0.2) is 4.99 Å². The van der Waals surface area contributed by atoms with Crippen LogP contribution < -0.4 is 30.2 Å². The van der Waals surface area contributed by atoms with Crippen LogP contribution in [0, 0.1) is 0 Å². The molecule has 1 aromatic heterocycles. The summed E-state index contributed by atoms with van der Waals surface area (Å²) in [4.78, 5) is 40.7. The van der Waals surface area contributed by atoms with Gasteiger partial charge in [0.05, 0.1) is 10.9 Å². The second-order valence-electron chi connectivity index (χ2n) is 6.53. The minimum Gasteiger partial charge on any atom is -0.493 e. The Labute approximate surface area is 172 Å². The summed E-state index contributed by atoms with van der Waals surface area (Å²) in [7, 11) is 0. The molecule has 2 N–H and O–H groups in total. The number of nitrogens with zero attached hydrogens (tertiary/aromatic N) is 2. The van der Waals surface area contributed by atoms with Crippen LogP contribution in [-0.4, -0.2) is 28.3 Å². The third kappa shape index (κ3) is 2.94. The lowest BCUT2D eigenvalue weighted by Gasteiger charge is -2.07. The molecule has 150 valence electrons. The van der Waals surface area contributed by atoms with Crippen LogP contribution in [0.3, 0.4) is 0 Å². The topological polar surface area (TPSA) is 119 Å². The molecule has 0 radical (unpaired) electrons. The predicted octanol–water partition coefficient (Wildman–Crippen LogP) is 0.342. The molecule has 0 unspecified atom stereocenters.